The molecule has 0 saturated carbocycles. The SMILES string of the molecule is Cc1cn2c3c(=O)n(CC(N)=O)c(=O)n(C)c3nc2n1C[C@H]1CCCO1. The van der Waals surface area contributed by atoms with Crippen LogP contribution in [0, 0.1) is 6.92 Å². The van der Waals surface area contributed by atoms with Gasteiger partial charge in [0.15, 0.2) is 11.2 Å². The Morgan fingerprint density at radius 3 is 2.81 bits per heavy atom. The van der Waals surface area contributed by atoms with Gasteiger partial charge in [0.25, 0.3) is 5.56 Å². The third-order valence-electron chi connectivity index (χ3n) is 4.86. The van der Waals surface area contributed by atoms with Crippen molar-refractivity contribution in [3.63, 3.8) is 0 Å². The Bertz CT molecular complexity index is 1140. The molecule has 4 heterocycles. The molecule has 26 heavy (non-hydrogen) atoms. The molecule has 0 spiro atoms. The predicted molar refractivity (Wildman–Crippen MR) is 93.1 cm³/mol. The highest BCUT2D eigenvalue weighted by atomic mass is 16.5. The van der Waals surface area contributed by atoms with E-state index in [-0.39, 0.29) is 17.3 Å². The van der Waals surface area contributed by atoms with Gasteiger partial charge >= 0.3 is 5.69 Å². The van der Waals surface area contributed by atoms with Crippen molar-refractivity contribution in [2.75, 3.05) is 6.61 Å². The molecule has 0 aromatic carbocycles. The van der Waals surface area contributed by atoms with Crippen molar-refractivity contribution in [3.8, 4) is 0 Å². The van der Waals surface area contributed by atoms with Crippen LogP contribution in [0.4, 0.5) is 0 Å². The van der Waals surface area contributed by atoms with Gasteiger partial charge in [-0.3, -0.25) is 18.6 Å². The van der Waals surface area contributed by atoms with Crippen LogP contribution in [0.25, 0.3) is 16.9 Å². The summed E-state index contributed by atoms with van der Waals surface area (Å²) in [5.74, 6) is -0.187. The summed E-state index contributed by atoms with van der Waals surface area (Å²) in [6.45, 7) is 2.85. The van der Waals surface area contributed by atoms with E-state index in [9.17, 15) is 14.4 Å². The van der Waals surface area contributed by atoms with Gasteiger partial charge in [0, 0.05) is 25.5 Å². The Labute approximate surface area is 147 Å². The lowest BCUT2D eigenvalue weighted by Gasteiger charge is -2.11. The van der Waals surface area contributed by atoms with Crippen LogP contribution >= 0.6 is 0 Å². The Morgan fingerprint density at radius 2 is 2.15 bits per heavy atom. The molecule has 1 aliphatic rings. The van der Waals surface area contributed by atoms with Crippen LogP contribution < -0.4 is 17.0 Å². The standard InChI is InChI=1S/C16H20N6O4/c1-9-6-21-12-13(18-15(21)20(9)7-10-4-3-5-26-10)19(2)16(25)22(14(12)24)8-11(17)23/h6,10H,3-5,7-8H2,1-2H3,(H2,17,23)/t10-/m1/s1. The quantitative estimate of drug-likeness (QED) is 0.648. The number of primary amides is 1. The zero-order valence-corrected chi connectivity index (χ0v) is 14.6. The zero-order valence-electron chi connectivity index (χ0n) is 14.6. The molecule has 0 bridgehead atoms. The van der Waals surface area contributed by atoms with Crippen molar-refractivity contribution in [1.82, 2.24) is 23.1 Å². The number of amides is 1. The monoisotopic (exact) mass is 360 g/mol. The molecule has 10 nitrogen and oxygen atoms in total. The van der Waals surface area contributed by atoms with E-state index in [2.05, 4.69) is 4.98 Å². The van der Waals surface area contributed by atoms with Crippen molar-refractivity contribution >= 4 is 22.8 Å². The fourth-order valence-corrected chi connectivity index (χ4v) is 3.57. The lowest BCUT2D eigenvalue weighted by Crippen LogP contribution is -2.42. The summed E-state index contributed by atoms with van der Waals surface area (Å²) < 4.78 is 11.5. The number of carbonyl (C=O) groups excluding carboxylic acids is 1. The number of hydrogen-bond acceptors (Lipinski definition) is 5. The third kappa shape index (κ3) is 2.37. The average molecular weight is 360 g/mol. The van der Waals surface area contributed by atoms with Crippen molar-refractivity contribution in [2.24, 2.45) is 12.8 Å². The fraction of sp³-hybridized carbons (Fsp3) is 0.500. The maximum atomic E-state index is 12.8. The van der Waals surface area contributed by atoms with E-state index in [1.165, 1.54) is 11.6 Å². The van der Waals surface area contributed by atoms with Crippen LogP contribution in [-0.2, 0) is 29.7 Å². The summed E-state index contributed by atoms with van der Waals surface area (Å²) in [5.41, 5.74) is 5.43. The maximum absolute atomic E-state index is 12.8. The van der Waals surface area contributed by atoms with Crippen LogP contribution in [0.3, 0.4) is 0 Å². The number of fused-ring (bicyclic) bond motifs is 3. The van der Waals surface area contributed by atoms with Gasteiger partial charge in [-0.05, 0) is 19.8 Å². The molecule has 1 amide bonds. The van der Waals surface area contributed by atoms with Crippen LogP contribution in [0.1, 0.15) is 18.5 Å². The first-order valence-corrected chi connectivity index (χ1v) is 8.46. The van der Waals surface area contributed by atoms with Crippen LogP contribution in [0.5, 0.6) is 0 Å². The van der Waals surface area contributed by atoms with Crippen molar-refractivity contribution < 1.29 is 9.53 Å². The van der Waals surface area contributed by atoms with Crippen molar-refractivity contribution in [1.29, 1.82) is 0 Å². The predicted octanol–water partition coefficient (Wildman–Crippen LogP) is -0.878. The van der Waals surface area contributed by atoms with E-state index in [1.807, 2.05) is 11.5 Å². The van der Waals surface area contributed by atoms with Gasteiger partial charge in [-0.25, -0.2) is 9.36 Å². The lowest BCUT2D eigenvalue weighted by atomic mass is 10.2. The first-order chi connectivity index (χ1) is 12.4. The molecule has 3 aromatic heterocycles. The molecule has 10 heteroatoms. The lowest BCUT2D eigenvalue weighted by molar-refractivity contribution is -0.118. The van der Waals surface area contributed by atoms with Crippen LogP contribution in [-0.4, -0.2) is 41.7 Å². The van der Waals surface area contributed by atoms with E-state index in [1.54, 1.807) is 10.6 Å². The molecule has 1 saturated heterocycles. The van der Waals surface area contributed by atoms with E-state index >= 15 is 0 Å². The molecule has 0 radical (unpaired) electrons. The van der Waals surface area contributed by atoms with Gasteiger partial charge in [0.1, 0.15) is 6.54 Å². The minimum atomic E-state index is -0.753. The first kappa shape index (κ1) is 16.6. The maximum Gasteiger partial charge on any atom is 0.332 e. The molecule has 4 rings (SSSR count). The normalized spacial score (nSPS) is 17.5. The molecule has 1 fully saturated rings. The Balaban J connectivity index is 1.98. The number of ether oxygens (including phenoxy) is 1. The van der Waals surface area contributed by atoms with E-state index in [4.69, 9.17) is 10.5 Å². The molecule has 1 aliphatic heterocycles. The molecular formula is C16H20N6O4. The summed E-state index contributed by atoms with van der Waals surface area (Å²) in [5, 5.41) is 0. The molecule has 1 atom stereocenters. The first-order valence-electron chi connectivity index (χ1n) is 8.46. The van der Waals surface area contributed by atoms with E-state index in [0.29, 0.717) is 12.3 Å². The second kappa shape index (κ2) is 5.84. The van der Waals surface area contributed by atoms with Gasteiger partial charge in [-0.15, -0.1) is 0 Å². The highest BCUT2D eigenvalue weighted by Gasteiger charge is 2.23. The molecule has 138 valence electrons. The minimum absolute atomic E-state index is 0.111. The topological polar surface area (TPSA) is 119 Å². The highest BCUT2D eigenvalue weighted by molar-refractivity contribution is 5.77. The second-order valence-corrected chi connectivity index (χ2v) is 6.67. The van der Waals surface area contributed by atoms with Gasteiger partial charge < -0.3 is 15.0 Å². The van der Waals surface area contributed by atoms with Crippen LogP contribution in [0.2, 0.25) is 0 Å². The van der Waals surface area contributed by atoms with Gasteiger partial charge in [0.2, 0.25) is 11.7 Å². The summed E-state index contributed by atoms with van der Waals surface area (Å²) >= 11 is 0. The summed E-state index contributed by atoms with van der Waals surface area (Å²) in [7, 11) is 1.52. The van der Waals surface area contributed by atoms with Crippen molar-refractivity contribution in [2.45, 2.75) is 39.0 Å². The number of aryl methyl sites for hydroxylation is 2. The number of imidazole rings is 2. The summed E-state index contributed by atoms with van der Waals surface area (Å²) in [6.07, 6.45) is 3.93. The number of nitrogens with two attached hydrogens (primary N) is 1. The average Bonchev–Trinajstić information content (AvgIpc) is 3.28. The summed E-state index contributed by atoms with van der Waals surface area (Å²) in [4.78, 5) is 41.0. The molecule has 2 N–H and O–H groups in total. The number of hydrogen-bond donors (Lipinski definition) is 1. The van der Waals surface area contributed by atoms with Gasteiger partial charge in [-0.2, -0.15) is 4.98 Å². The largest absolute Gasteiger partial charge is 0.376 e. The smallest absolute Gasteiger partial charge is 0.332 e. The molecule has 3 aromatic rings. The zero-order chi connectivity index (χ0) is 18.6. The third-order valence-corrected chi connectivity index (χ3v) is 4.86. The molecule has 0 aliphatic carbocycles. The number of carbonyl (C=O) groups is 1. The number of rotatable bonds is 4. The van der Waals surface area contributed by atoms with E-state index in [0.717, 1.165) is 29.7 Å². The highest BCUT2D eigenvalue weighted by Crippen LogP contribution is 2.20. The van der Waals surface area contributed by atoms with Crippen molar-refractivity contribution in [3.05, 3.63) is 32.7 Å². The molecule has 0 unspecified atom stereocenters. The fourth-order valence-electron chi connectivity index (χ4n) is 3.57. The minimum Gasteiger partial charge on any atom is -0.376 e. The Hall–Kier alpha value is -2.88. The van der Waals surface area contributed by atoms with Gasteiger partial charge in [0.05, 0.1) is 12.6 Å². The van der Waals surface area contributed by atoms with Gasteiger partial charge in [-0.1, -0.05) is 0 Å². The second-order valence-electron chi connectivity index (χ2n) is 6.67. The van der Waals surface area contributed by atoms with E-state index < -0.39 is 23.7 Å². The number of aromatic nitrogens is 5. The molecular weight excluding hydrogens is 340 g/mol. The number of nitrogens with zero attached hydrogens (tertiary/aromatic N) is 5. The Kier molecular flexibility index (Phi) is 3.72. The summed E-state index contributed by atoms with van der Waals surface area (Å²) in [6, 6.07) is 0. The van der Waals surface area contributed by atoms with Crippen LogP contribution in [0.15, 0.2) is 15.8 Å². The Morgan fingerprint density at radius 1 is 1.38 bits per heavy atom.